The largest absolute Gasteiger partial charge is 0.365 e. The second-order valence-corrected chi connectivity index (χ2v) is 6.51. The van der Waals surface area contributed by atoms with E-state index < -0.39 is 5.91 Å². The molecular formula is C18H25ClN6O. The van der Waals surface area contributed by atoms with Gasteiger partial charge in [0.25, 0.3) is 5.91 Å². The lowest BCUT2D eigenvalue weighted by molar-refractivity contribution is 0.100. The number of rotatable bonds is 5. The average Bonchev–Trinajstić information content (AvgIpc) is 2.57. The van der Waals surface area contributed by atoms with Crippen LogP contribution in [0.15, 0.2) is 30.5 Å². The topological polar surface area (TPSA) is 119 Å². The van der Waals surface area contributed by atoms with Crippen molar-refractivity contribution in [1.82, 2.24) is 9.97 Å². The summed E-state index contributed by atoms with van der Waals surface area (Å²) < 4.78 is 0. The first-order valence-corrected chi connectivity index (χ1v) is 8.55. The first-order valence-electron chi connectivity index (χ1n) is 8.55. The van der Waals surface area contributed by atoms with Crippen LogP contribution < -0.4 is 22.1 Å². The molecule has 0 saturated heterocycles. The van der Waals surface area contributed by atoms with Crippen LogP contribution >= 0.6 is 12.4 Å². The number of carbonyl (C=O) groups is 1. The molecule has 1 aliphatic carbocycles. The zero-order valence-corrected chi connectivity index (χ0v) is 15.6. The Kier molecular flexibility index (Phi) is 6.76. The molecular weight excluding hydrogens is 352 g/mol. The van der Waals surface area contributed by atoms with Crippen molar-refractivity contribution in [2.75, 3.05) is 10.6 Å². The third kappa shape index (κ3) is 4.83. The molecule has 0 aliphatic heterocycles. The Morgan fingerprint density at radius 2 is 2.04 bits per heavy atom. The van der Waals surface area contributed by atoms with Gasteiger partial charge in [0.05, 0.1) is 0 Å². The number of anilines is 3. The number of halogens is 1. The van der Waals surface area contributed by atoms with Crippen LogP contribution in [0.2, 0.25) is 0 Å². The lowest BCUT2D eigenvalue weighted by atomic mass is 9.91. The van der Waals surface area contributed by atoms with Gasteiger partial charge in [-0.2, -0.15) is 4.98 Å². The molecule has 1 aliphatic rings. The second kappa shape index (κ2) is 8.82. The van der Waals surface area contributed by atoms with Gasteiger partial charge in [-0.25, -0.2) is 4.98 Å². The first-order chi connectivity index (χ1) is 12.0. The van der Waals surface area contributed by atoms with Gasteiger partial charge in [0.1, 0.15) is 11.4 Å². The monoisotopic (exact) mass is 376 g/mol. The van der Waals surface area contributed by atoms with E-state index in [1.807, 2.05) is 31.2 Å². The average molecular weight is 377 g/mol. The van der Waals surface area contributed by atoms with Crippen molar-refractivity contribution >= 4 is 35.8 Å². The molecule has 7 nitrogen and oxygen atoms in total. The number of nitrogens with zero attached hydrogens (tertiary/aromatic N) is 2. The van der Waals surface area contributed by atoms with Gasteiger partial charge in [0.15, 0.2) is 0 Å². The summed E-state index contributed by atoms with van der Waals surface area (Å²) in [6, 6.07) is 8.03. The van der Waals surface area contributed by atoms with Crippen LogP contribution in [0.1, 0.15) is 41.6 Å². The molecule has 0 bridgehead atoms. The van der Waals surface area contributed by atoms with E-state index in [4.69, 9.17) is 11.5 Å². The number of hydrogen-bond donors (Lipinski definition) is 4. The number of hydrogen-bond acceptors (Lipinski definition) is 6. The highest BCUT2D eigenvalue weighted by atomic mass is 35.5. The van der Waals surface area contributed by atoms with Gasteiger partial charge in [-0.05, 0) is 37.5 Å². The molecule has 26 heavy (non-hydrogen) atoms. The summed E-state index contributed by atoms with van der Waals surface area (Å²) in [5.74, 6) is 0.263. The van der Waals surface area contributed by atoms with Crippen LogP contribution in [0.5, 0.6) is 0 Å². The third-order valence-electron chi connectivity index (χ3n) is 4.47. The van der Waals surface area contributed by atoms with Crippen LogP contribution in [0.25, 0.3) is 0 Å². The highest BCUT2D eigenvalue weighted by Crippen LogP contribution is 2.23. The molecule has 140 valence electrons. The fraction of sp³-hybridized carbons (Fsp3) is 0.389. The van der Waals surface area contributed by atoms with E-state index in [2.05, 4.69) is 20.6 Å². The molecule has 3 rings (SSSR count). The maximum absolute atomic E-state index is 11.7. The predicted molar refractivity (Wildman–Crippen MR) is 106 cm³/mol. The smallest absolute Gasteiger partial charge is 0.254 e. The van der Waals surface area contributed by atoms with Crippen LogP contribution in [0.3, 0.4) is 0 Å². The maximum Gasteiger partial charge on any atom is 0.254 e. The van der Waals surface area contributed by atoms with E-state index in [1.165, 1.54) is 6.20 Å². The summed E-state index contributed by atoms with van der Waals surface area (Å²) >= 11 is 0. The van der Waals surface area contributed by atoms with Crippen LogP contribution in [0.4, 0.5) is 17.5 Å². The van der Waals surface area contributed by atoms with Gasteiger partial charge in [0, 0.05) is 24.0 Å². The van der Waals surface area contributed by atoms with E-state index in [0.29, 0.717) is 11.8 Å². The summed E-state index contributed by atoms with van der Waals surface area (Å²) in [6.07, 6.45) is 5.72. The Balaban J connectivity index is 0.00000243. The molecule has 1 saturated carbocycles. The van der Waals surface area contributed by atoms with Crippen LogP contribution in [-0.2, 0) is 0 Å². The fourth-order valence-corrected chi connectivity index (χ4v) is 3.09. The van der Waals surface area contributed by atoms with Gasteiger partial charge >= 0.3 is 0 Å². The molecule has 1 aromatic carbocycles. The number of aryl methyl sites for hydroxylation is 1. The number of primary amides is 1. The van der Waals surface area contributed by atoms with Crippen molar-refractivity contribution in [3.8, 4) is 0 Å². The second-order valence-electron chi connectivity index (χ2n) is 6.51. The summed E-state index contributed by atoms with van der Waals surface area (Å²) in [4.78, 5) is 20.4. The summed E-state index contributed by atoms with van der Waals surface area (Å²) in [5.41, 5.74) is 13.8. The van der Waals surface area contributed by atoms with Crippen molar-refractivity contribution in [3.63, 3.8) is 0 Å². The molecule has 0 spiro atoms. The Morgan fingerprint density at radius 3 is 2.73 bits per heavy atom. The summed E-state index contributed by atoms with van der Waals surface area (Å²) in [7, 11) is 0. The number of nitrogens with one attached hydrogen (secondary N) is 2. The van der Waals surface area contributed by atoms with Crippen LogP contribution in [-0.4, -0.2) is 28.0 Å². The first kappa shape index (κ1) is 19.9. The Hall–Kier alpha value is -2.38. The van der Waals surface area contributed by atoms with Crippen molar-refractivity contribution < 1.29 is 4.79 Å². The number of amides is 1. The van der Waals surface area contributed by atoms with Gasteiger partial charge in [-0.1, -0.05) is 25.0 Å². The Morgan fingerprint density at radius 1 is 1.27 bits per heavy atom. The molecule has 1 aromatic heterocycles. The standard InChI is InChI=1S/C18H24N6O.ClH/c1-11-5-4-6-12(9-11)22-17-13(16(20)25)10-21-18(24-17)23-15-8-3-2-7-14(15)19;/h4-6,9-10,14-15H,2-3,7-8,19H2,1H3,(H2,20,25)(H2,21,22,23,24);1H/t14-,15+;/m0./s1. The normalized spacial score (nSPS) is 19.3. The van der Waals surface area contributed by atoms with E-state index in [1.54, 1.807) is 0 Å². The highest BCUT2D eigenvalue weighted by Gasteiger charge is 2.23. The molecule has 6 N–H and O–H groups in total. The highest BCUT2D eigenvalue weighted by molar-refractivity contribution is 5.98. The lowest BCUT2D eigenvalue weighted by Gasteiger charge is -2.29. The van der Waals surface area contributed by atoms with E-state index in [0.717, 1.165) is 36.9 Å². The minimum absolute atomic E-state index is 0. The number of carbonyl (C=O) groups excluding carboxylic acids is 1. The maximum atomic E-state index is 11.7. The molecule has 1 heterocycles. The minimum atomic E-state index is -0.573. The van der Waals surface area contributed by atoms with Gasteiger partial charge in [0.2, 0.25) is 5.95 Å². The zero-order valence-electron chi connectivity index (χ0n) is 14.7. The Labute approximate surface area is 159 Å². The zero-order chi connectivity index (χ0) is 17.8. The van der Waals surface area contributed by atoms with Crippen molar-refractivity contribution in [2.24, 2.45) is 11.5 Å². The molecule has 2 aromatic rings. The van der Waals surface area contributed by atoms with E-state index in [-0.39, 0.29) is 30.1 Å². The number of benzene rings is 1. The molecule has 2 atom stereocenters. The van der Waals surface area contributed by atoms with Gasteiger partial charge in [-0.3, -0.25) is 4.79 Å². The van der Waals surface area contributed by atoms with Crippen molar-refractivity contribution in [3.05, 3.63) is 41.6 Å². The third-order valence-corrected chi connectivity index (χ3v) is 4.47. The van der Waals surface area contributed by atoms with Crippen molar-refractivity contribution in [2.45, 2.75) is 44.7 Å². The molecule has 8 heteroatoms. The lowest BCUT2D eigenvalue weighted by Crippen LogP contribution is -2.43. The fourth-order valence-electron chi connectivity index (χ4n) is 3.09. The van der Waals surface area contributed by atoms with Crippen LogP contribution in [0, 0.1) is 6.92 Å². The van der Waals surface area contributed by atoms with Gasteiger partial charge in [-0.15, -0.1) is 12.4 Å². The molecule has 0 unspecified atom stereocenters. The number of aromatic nitrogens is 2. The molecule has 1 amide bonds. The molecule has 1 fully saturated rings. The van der Waals surface area contributed by atoms with Crippen molar-refractivity contribution in [1.29, 1.82) is 0 Å². The summed E-state index contributed by atoms with van der Waals surface area (Å²) in [5, 5.41) is 6.46. The number of nitrogens with two attached hydrogens (primary N) is 2. The summed E-state index contributed by atoms with van der Waals surface area (Å²) in [6.45, 7) is 2.00. The SMILES string of the molecule is Cc1cccc(Nc2nc(N[C@@H]3CCCC[C@@H]3N)ncc2C(N)=O)c1.Cl. The minimum Gasteiger partial charge on any atom is -0.365 e. The van der Waals surface area contributed by atoms with E-state index in [9.17, 15) is 4.79 Å². The van der Waals surface area contributed by atoms with Gasteiger partial charge < -0.3 is 22.1 Å². The molecule has 0 radical (unpaired) electrons. The Bertz CT molecular complexity index is 769. The predicted octanol–water partition coefficient (Wildman–Crippen LogP) is 2.73. The van der Waals surface area contributed by atoms with E-state index >= 15 is 0 Å². The quantitative estimate of drug-likeness (QED) is 0.637.